The number of hydrogen-bond donors (Lipinski definition) is 1. The average Bonchev–Trinajstić information content (AvgIpc) is 2.61. The van der Waals surface area contributed by atoms with Crippen molar-refractivity contribution in [3.8, 4) is 17.6 Å². The predicted molar refractivity (Wildman–Crippen MR) is 91.0 cm³/mol. The molecular formula is C19H26N2O3. The fraction of sp³-hybridized carbons (Fsp3) is 0.632. The highest BCUT2D eigenvalue weighted by Crippen LogP contribution is 2.51. The van der Waals surface area contributed by atoms with Gasteiger partial charge in [0, 0.05) is 24.1 Å². The SMILES string of the molecule is COc1ccc(OC)c([C@H]2[C@H]3CCCC[C@@]3(O)CCN2CC#N)c1. The summed E-state index contributed by atoms with van der Waals surface area (Å²) in [5, 5.41) is 20.5. The summed E-state index contributed by atoms with van der Waals surface area (Å²) in [4.78, 5) is 2.18. The van der Waals surface area contributed by atoms with E-state index in [0.717, 1.165) is 55.7 Å². The summed E-state index contributed by atoms with van der Waals surface area (Å²) < 4.78 is 11.0. The van der Waals surface area contributed by atoms with Crippen LogP contribution < -0.4 is 9.47 Å². The van der Waals surface area contributed by atoms with Gasteiger partial charge in [0.25, 0.3) is 0 Å². The lowest BCUT2D eigenvalue weighted by atomic mass is 9.66. The average molecular weight is 330 g/mol. The molecule has 0 unspecified atom stereocenters. The molecule has 0 radical (unpaired) electrons. The zero-order valence-corrected chi connectivity index (χ0v) is 14.5. The molecule has 130 valence electrons. The van der Waals surface area contributed by atoms with Gasteiger partial charge >= 0.3 is 0 Å². The van der Waals surface area contributed by atoms with Gasteiger partial charge in [-0.2, -0.15) is 5.26 Å². The van der Waals surface area contributed by atoms with Crippen molar-refractivity contribution in [1.29, 1.82) is 5.26 Å². The van der Waals surface area contributed by atoms with E-state index in [4.69, 9.17) is 9.47 Å². The zero-order valence-electron chi connectivity index (χ0n) is 14.5. The first-order valence-electron chi connectivity index (χ1n) is 8.68. The Labute approximate surface area is 143 Å². The highest BCUT2D eigenvalue weighted by Gasteiger charge is 2.49. The molecule has 2 fully saturated rings. The molecule has 1 aliphatic heterocycles. The van der Waals surface area contributed by atoms with Gasteiger partial charge in [-0.25, -0.2) is 0 Å². The fourth-order valence-corrected chi connectivity index (χ4v) is 4.49. The summed E-state index contributed by atoms with van der Waals surface area (Å²) in [5.41, 5.74) is 0.375. The van der Waals surface area contributed by atoms with Crippen LogP contribution in [0, 0.1) is 17.2 Å². The van der Waals surface area contributed by atoms with E-state index in [2.05, 4.69) is 11.0 Å². The quantitative estimate of drug-likeness (QED) is 0.860. The van der Waals surface area contributed by atoms with Crippen molar-refractivity contribution >= 4 is 0 Å². The number of rotatable bonds is 4. The van der Waals surface area contributed by atoms with E-state index < -0.39 is 5.60 Å². The van der Waals surface area contributed by atoms with Crippen LogP contribution in [0.15, 0.2) is 18.2 Å². The molecule has 1 aliphatic carbocycles. The van der Waals surface area contributed by atoms with E-state index in [-0.39, 0.29) is 12.0 Å². The second-order valence-electron chi connectivity index (χ2n) is 6.89. The van der Waals surface area contributed by atoms with Crippen LogP contribution >= 0.6 is 0 Å². The van der Waals surface area contributed by atoms with Gasteiger partial charge in [0.15, 0.2) is 0 Å². The molecule has 2 aliphatic rings. The number of nitrogens with zero attached hydrogens (tertiary/aromatic N) is 2. The minimum absolute atomic E-state index is 0.0197. The largest absolute Gasteiger partial charge is 0.497 e. The Balaban J connectivity index is 2.07. The first-order chi connectivity index (χ1) is 11.6. The topological polar surface area (TPSA) is 65.7 Å². The number of piperidine rings is 1. The standard InChI is InChI=1S/C19H26N2O3/c1-23-14-6-7-17(24-2)15(13-14)18-16-5-3-4-8-19(16,22)9-11-21(18)12-10-20/h6-7,13,16,18,22H,3-5,8-9,11-12H2,1-2H3/t16-,18+,19-/m1/s1. The van der Waals surface area contributed by atoms with Crippen LogP contribution in [0.25, 0.3) is 0 Å². The van der Waals surface area contributed by atoms with Gasteiger partial charge in [0.05, 0.1) is 32.4 Å². The molecule has 0 amide bonds. The van der Waals surface area contributed by atoms with Crippen LogP contribution in [0.4, 0.5) is 0 Å². The number of likely N-dealkylation sites (tertiary alicyclic amines) is 1. The van der Waals surface area contributed by atoms with Crippen LogP contribution in [-0.2, 0) is 0 Å². The van der Waals surface area contributed by atoms with Gasteiger partial charge < -0.3 is 14.6 Å². The molecule has 1 heterocycles. The summed E-state index contributed by atoms with van der Waals surface area (Å²) in [6.45, 7) is 1.09. The van der Waals surface area contributed by atoms with Gasteiger partial charge in [0.2, 0.25) is 0 Å². The van der Waals surface area contributed by atoms with Gasteiger partial charge in [-0.05, 0) is 37.5 Å². The molecule has 1 aromatic rings. The highest BCUT2D eigenvalue weighted by molar-refractivity contribution is 5.43. The van der Waals surface area contributed by atoms with Crippen molar-refractivity contribution in [1.82, 2.24) is 4.90 Å². The lowest BCUT2D eigenvalue weighted by molar-refractivity contribution is -0.122. The second kappa shape index (κ2) is 7.00. The Bertz CT molecular complexity index is 628. The number of nitriles is 1. The number of aliphatic hydroxyl groups is 1. The third-order valence-electron chi connectivity index (χ3n) is 5.70. The number of methoxy groups -OCH3 is 2. The van der Waals surface area contributed by atoms with Crippen molar-refractivity contribution in [2.45, 2.75) is 43.7 Å². The van der Waals surface area contributed by atoms with Crippen LogP contribution in [-0.4, -0.2) is 42.9 Å². The predicted octanol–water partition coefficient (Wildman–Crippen LogP) is 2.90. The van der Waals surface area contributed by atoms with Crippen molar-refractivity contribution < 1.29 is 14.6 Å². The molecule has 5 heteroatoms. The molecule has 24 heavy (non-hydrogen) atoms. The number of benzene rings is 1. The molecule has 0 spiro atoms. The lowest BCUT2D eigenvalue weighted by Crippen LogP contribution is -2.54. The molecule has 0 aromatic heterocycles. The van der Waals surface area contributed by atoms with Crippen LogP contribution in [0.3, 0.4) is 0 Å². The van der Waals surface area contributed by atoms with E-state index in [1.807, 2.05) is 18.2 Å². The van der Waals surface area contributed by atoms with Crippen LogP contribution in [0.2, 0.25) is 0 Å². The van der Waals surface area contributed by atoms with Gasteiger partial charge in [-0.3, -0.25) is 4.90 Å². The molecule has 1 N–H and O–H groups in total. The van der Waals surface area contributed by atoms with Gasteiger partial charge in [-0.1, -0.05) is 12.8 Å². The maximum absolute atomic E-state index is 11.2. The third-order valence-corrected chi connectivity index (χ3v) is 5.70. The van der Waals surface area contributed by atoms with E-state index >= 15 is 0 Å². The van der Waals surface area contributed by atoms with Crippen LogP contribution in [0.5, 0.6) is 11.5 Å². The molecule has 3 atom stereocenters. The second-order valence-corrected chi connectivity index (χ2v) is 6.89. The highest BCUT2D eigenvalue weighted by atomic mass is 16.5. The molecule has 5 nitrogen and oxygen atoms in total. The normalized spacial score (nSPS) is 30.2. The Morgan fingerprint density at radius 1 is 1.29 bits per heavy atom. The maximum Gasteiger partial charge on any atom is 0.123 e. The smallest absolute Gasteiger partial charge is 0.123 e. The van der Waals surface area contributed by atoms with E-state index in [0.29, 0.717) is 6.54 Å². The van der Waals surface area contributed by atoms with Crippen molar-refractivity contribution in [2.75, 3.05) is 27.3 Å². The van der Waals surface area contributed by atoms with Gasteiger partial charge in [-0.15, -0.1) is 0 Å². The summed E-state index contributed by atoms with van der Waals surface area (Å²) in [6.07, 6.45) is 4.76. The van der Waals surface area contributed by atoms with Gasteiger partial charge in [0.1, 0.15) is 11.5 Å². The molecular weight excluding hydrogens is 304 g/mol. The number of fused-ring (bicyclic) bond motifs is 1. The zero-order chi connectivity index (χ0) is 17.2. The third kappa shape index (κ3) is 2.97. The molecule has 1 saturated heterocycles. The Hall–Kier alpha value is -1.77. The first kappa shape index (κ1) is 17.1. The summed E-state index contributed by atoms with van der Waals surface area (Å²) in [5.74, 6) is 1.68. The number of ether oxygens (including phenoxy) is 2. The van der Waals surface area contributed by atoms with Crippen molar-refractivity contribution in [2.24, 2.45) is 5.92 Å². The minimum atomic E-state index is -0.636. The molecule has 3 rings (SSSR count). The summed E-state index contributed by atoms with van der Waals surface area (Å²) in [6, 6.07) is 8.05. The summed E-state index contributed by atoms with van der Waals surface area (Å²) in [7, 11) is 3.31. The number of hydrogen-bond acceptors (Lipinski definition) is 5. The van der Waals surface area contributed by atoms with Crippen molar-refractivity contribution in [3.05, 3.63) is 23.8 Å². The molecule has 1 saturated carbocycles. The maximum atomic E-state index is 11.2. The summed E-state index contributed by atoms with van der Waals surface area (Å²) >= 11 is 0. The van der Waals surface area contributed by atoms with E-state index in [1.54, 1.807) is 14.2 Å². The van der Waals surface area contributed by atoms with E-state index in [1.165, 1.54) is 0 Å². The van der Waals surface area contributed by atoms with Crippen molar-refractivity contribution in [3.63, 3.8) is 0 Å². The monoisotopic (exact) mass is 330 g/mol. The first-order valence-corrected chi connectivity index (χ1v) is 8.68. The Morgan fingerprint density at radius 2 is 2.12 bits per heavy atom. The Kier molecular flexibility index (Phi) is 4.98. The Morgan fingerprint density at radius 3 is 2.83 bits per heavy atom. The minimum Gasteiger partial charge on any atom is -0.497 e. The fourth-order valence-electron chi connectivity index (χ4n) is 4.49. The van der Waals surface area contributed by atoms with Crippen LogP contribution in [0.1, 0.15) is 43.7 Å². The lowest BCUT2D eigenvalue weighted by Gasteiger charge is -2.52. The molecule has 1 aromatic carbocycles. The molecule has 0 bridgehead atoms. The van der Waals surface area contributed by atoms with E-state index in [9.17, 15) is 10.4 Å².